The molecule has 1 N–H and O–H groups in total. The molecule has 3 aromatic rings. The van der Waals surface area contributed by atoms with Crippen molar-refractivity contribution < 1.29 is 4.39 Å². The van der Waals surface area contributed by atoms with Gasteiger partial charge >= 0.3 is 0 Å². The van der Waals surface area contributed by atoms with Gasteiger partial charge in [-0.15, -0.1) is 11.3 Å². The van der Waals surface area contributed by atoms with Crippen LogP contribution in [-0.4, -0.2) is 4.98 Å². The first-order valence-electron chi connectivity index (χ1n) is 6.66. The quantitative estimate of drug-likeness (QED) is 0.736. The number of nitrogens with zero attached hydrogens (tertiary/aromatic N) is 1. The van der Waals surface area contributed by atoms with E-state index in [4.69, 9.17) is 11.6 Å². The van der Waals surface area contributed by atoms with Crippen LogP contribution in [0.25, 0.3) is 10.2 Å². The molecule has 21 heavy (non-hydrogen) atoms. The lowest BCUT2D eigenvalue weighted by molar-refractivity contribution is 0.570. The molecule has 5 heteroatoms. The van der Waals surface area contributed by atoms with Crippen LogP contribution in [0.4, 0.5) is 4.39 Å². The number of nitrogens with one attached hydrogen (secondary N) is 1. The molecule has 0 amide bonds. The average molecular weight is 321 g/mol. The monoisotopic (exact) mass is 320 g/mol. The largest absolute Gasteiger partial charge is 0.304 e. The Morgan fingerprint density at radius 2 is 2.10 bits per heavy atom. The van der Waals surface area contributed by atoms with E-state index in [1.165, 1.54) is 16.8 Å². The Kier molecular flexibility index (Phi) is 4.19. The van der Waals surface area contributed by atoms with Crippen LogP contribution in [0.3, 0.4) is 0 Å². The van der Waals surface area contributed by atoms with Gasteiger partial charge in [0.05, 0.1) is 10.2 Å². The lowest BCUT2D eigenvalue weighted by Crippen LogP contribution is -2.18. The molecule has 0 saturated carbocycles. The lowest BCUT2D eigenvalue weighted by Gasteiger charge is -2.14. The molecule has 2 nitrogen and oxygen atoms in total. The van der Waals surface area contributed by atoms with Crippen molar-refractivity contribution in [3.63, 3.8) is 0 Å². The van der Waals surface area contributed by atoms with Gasteiger partial charge in [0.25, 0.3) is 0 Å². The highest BCUT2D eigenvalue weighted by atomic mass is 35.5. The number of hydrogen-bond acceptors (Lipinski definition) is 3. The Bertz CT molecular complexity index is 739. The van der Waals surface area contributed by atoms with E-state index in [9.17, 15) is 4.39 Å². The number of aromatic nitrogens is 1. The molecule has 0 bridgehead atoms. The summed E-state index contributed by atoms with van der Waals surface area (Å²) < 4.78 is 14.2. The van der Waals surface area contributed by atoms with Crippen molar-refractivity contribution in [1.29, 1.82) is 0 Å². The summed E-state index contributed by atoms with van der Waals surface area (Å²) >= 11 is 7.75. The molecule has 0 fully saturated rings. The first-order chi connectivity index (χ1) is 10.1. The first kappa shape index (κ1) is 14.4. The highest BCUT2D eigenvalue weighted by Crippen LogP contribution is 2.25. The molecule has 1 heterocycles. The fourth-order valence-corrected chi connectivity index (χ4v) is 3.45. The zero-order chi connectivity index (χ0) is 14.8. The molecule has 1 unspecified atom stereocenters. The number of para-hydroxylation sites is 1. The Morgan fingerprint density at radius 3 is 2.86 bits per heavy atom. The Labute approximate surface area is 131 Å². The maximum atomic E-state index is 13.1. The van der Waals surface area contributed by atoms with Crippen LogP contribution < -0.4 is 5.32 Å². The number of halogens is 2. The van der Waals surface area contributed by atoms with E-state index in [1.54, 1.807) is 17.4 Å². The van der Waals surface area contributed by atoms with Gasteiger partial charge in [0.15, 0.2) is 0 Å². The highest BCUT2D eigenvalue weighted by Gasteiger charge is 2.11. The number of benzene rings is 2. The fraction of sp³-hybridized carbons (Fsp3) is 0.188. The first-order valence-corrected chi connectivity index (χ1v) is 7.86. The standard InChI is InChI=1S/C16H14ClFN2S/c1-10(12-7-6-11(18)8-13(12)17)19-9-16-20-14-4-2-3-5-15(14)21-16/h2-8,10,19H,9H2,1H3. The van der Waals surface area contributed by atoms with Crippen molar-refractivity contribution in [3.05, 3.63) is 63.9 Å². The van der Waals surface area contributed by atoms with Gasteiger partial charge in [0.1, 0.15) is 10.8 Å². The van der Waals surface area contributed by atoms with Crippen LogP contribution in [-0.2, 0) is 6.54 Å². The topological polar surface area (TPSA) is 24.9 Å². The molecule has 2 aromatic carbocycles. The minimum absolute atomic E-state index is 0.0325. The van der Waals surface area contributed by atoms with Crippen LogP contribution in [0.5, 0.6) is 0 Å². The molecule has 0 saturated heterocycles. The summed E-state index contributed by atoms with van der Waals surface area (Å²) in [5.41, 5.74) is 1.91. The minimum atomic E-state index is -0.317. The van der Waals surface area contributed by atoms with E-state index in [0.717, 1.165) is 16.1 Å². The molecule has 3 rings (SSSR count). The molecular weight excluding hydrogens is 307 g/mol. The van der Waals surface area contributed by atoms with Crippen molar-refractivity contribution in [3.8, 4) is 0 Å². The average Bonchev–Trinajstić information content (AvgIpc) is 2.87. The smallest absolute Gasteiger partial charge is 0.124 e. The van der Waals surface area contributed by atoms with Crippen molar-refractivity contribution >= 4 is 33.2 Å². The van der Waals surface area contributed by atoms with Crippen molar-refractivity contribution in [1.82, 2.24) is 10.3 Å². The van der Waals surface area contributed by atoms with Gasteiger partial charge in [-0.3, -0.25) is 0 Å². The third-order valence-corrected chi connectivity index (χ3v) is 4.69. The van der Waals surface area contributed by atoms with E-state index in [1.807, 2.05) is 25.1 Å². The van der Waals surface area contributed by atoms with Gasteiger partial charge in [0, 0.05) is 17.6 Å². The maximum Gasteiger partial charge on any atom is 0.124 e. The molecule has 0 aliphatic carbocycles. The Hall–Kier alpha value is -1.49. The molecule has 0 aliphatic rings. The Balaban J connectivity index is 1.71. The zero-order valence-corrected chi connectivity index (χ0v) is 13.0. The fourth-order valence-electron chi connectivity index (χ4n) is 2.20. The lowest BCUT2D eigenvalue weighted by atomic mass is 10.1. The summed E-state index contributed by atoms with van der Waals surface area (Å²) in [6.07, 6.45) is 0. The second-order valence-corrected chi connectivity index (χ2v) is 6.37. The summed E-state index contributed by atoms with van der Waals surface area (Å²) in [5.74, 6) is -0.317. The van der Waals surface area contributed by atoms with E-state index in [2.05, 4.69) is 16.4 Å². The molecule has 1 aromatic heterocycles. The summed E-state index contributed by atoms with van der Waals surface area (Å²) in [6, 6.07) is 12.6. The maximum absolute atomic E-state index is 13.1. The van der Waals surface area contributed by atoms with E-state index >= 15 is 0 Å². The molecule has 1 atom stereocenters. The third kappa shape index (κ3) is 3.23. The summed E-state index contributed by atoms with van der Waals surface area (Å²) in [4.78, 5) is 4.58. The second kappa shape index (κ2) is 6.10. The van der Waals surface area contributed by atoms with Crippen LogP contribution >= 0.6 is 22.9 Å². The highest BCUT2D eigenvalue weighted by molar-refractivity contribution is 7.18. The zero-order valence-electron chi connectivity index (χ0n) is 11.4. The van der Waals surface area contributed by atoms with E-state index in [0.29, 0.717) is 11.6 Å². The summed E-state index contributed by atoms with van der Waals surface area (Å²) in [7, 11) is 0. The van der Waals surface area contributed by atoms with Crippen LogP contribution in [0.15, 0.2) is 42.5 Å². The van der Waals surface area contributed by atoms with Gasteiger partial charge in [-0.2, -0.15) is 0 Å². The van der Waals surface area contributed by atoms with Crippen LogP contribution in [0.2, 0.25) is 5.02 Å². The van der Waals surface area contributed by atoms with Crippen molar-refractivity contribution in [2.24, 2.45) is 0 Å². The van der Waals surface area contributed by atoms with Gasteiger partial charge in [-0.1, -0.05) is 29.8 Å². The molecular formula is C16H14ClFN2S. The number of thiazole rings is 1. The van der Waals surface area contributed by atoms with Crippen LogP contribution in [0.1, 0.15) is 23.5 Å². The van der Waals surface area contributed by atoms with Gasteiger partial charge < -0.3 is 5.32 Å². The summed E-state index contributed by atoms with van der Waals surface area (Å²) in [5, 5.41) is 4.85. The number of hydrogen-bond donors (Lipinski definition) is 1. The van der Waals surface area contributed by atoms with Gasteiger partial charge in [0.2, 0.25) is 0 Å². The molecule has 0 aliphatic heterocycles. The molecule has 108 valence electrons. The summed E-state index contributed by atoms with van der Waals surface area (Å²) in [6.45, 7) is 2.67. The van der Waals surface area contributed by atoms with Crippen molar-refractivity contribution in [2.75, 3.05) is 0 Å². The van der Waals surface area contributed by atoms with Crippen LogP contribution in [0, 0.1) is 5.82 Å². The predicted octanol–water partition coefficient (Wildman–Crippen LogP) is 4.94. The molecule has 0 spiro atoms. The van der Waals surface area contributed by atoms with E-state index in [-0.39, 0.29) is 11.9 Å². The Morgan fingerprint density at radius 1 is 1.29 bits per heavy atom. The predicted molar refractivity (Wildman–Crippen MR) is 86.3 cm³/mol. The minimum Gasteiger partial charge on any atom is -0.304 e. The third-order valence-electron chi connectivity index (χ3n) is 3.33. The van der Waals surface area contributed by atoms with Crippen molar-refractivity contribution in [2.45, 2.75) is 19.5 Å². The van der Waals surface area contributed by atoms with Gasteiger partial charge in [-0.25, -0.2) is 9.37 Å². The second-order valence-electron chi connectivity index (χ2n) is 4.84. The van der Waals surface area contributed by atoms with Gasteiger partial charge in [-0.05, 0) is 36.8 Å². The normalized spacial score (nSPS) is 12.7. The SMILES string of the molecule is CC(NCc1nc2ccccc2s1)c1ccc(F)cc1Cl. The van der Waals surface area contributed by atoms with E-state index < -0.39 is 0 Å². The molecule has 0 radical (unpaired) electrons. The number of fused-ring (bicyclic) bond motifs is 1. The number of rotatable bonds is 4.